The molecule has 0 atom stereocenters. The normalized spacial score (nSPS) is 10.4. The molecule has 0 aromatic carbocycles. The number of aryl methyl sites for hydroxylation is 1. The summed E-state index contributed by atoms with van der Waals surface area (Å²) < 4.78 is 1.59. The maximum Gasteiger partial charge on any atom is 0.347 e. The average Bonchev–Trinajstić information content (AvgIpc) is 2.42. The van der Waals surface area contributed by atoms with Gasteiger partial charge in [0.1, 0.15) is 5.82 Å². The number of hydrogen-bond donors (Lipinski definition) is 1. The molecule has 5 nitrogen and oxygen atoms in total. The molecule has 0 radical (unpaired) electrons. The quantitative estimate of drug-likeness (QED) is 0.888. The van der Waals surface area contributed by atoms with E-state index in [1.54, 1.807) is 23.2 Å². The smallest absolute Gasteiger partial charge is 0.347 e. The topological polar surface area (TPSA) is 59.8 Å². The van der Waals surface area contributed by atoms with Crippen LogP contribution >= 0.6 is 0 Å². The maximum atomic E-state index is 11.6. The number of hydrogen-bond acceptors (Lipinski definition) is 4. The molecule has 0 bridgehead atoms. The Morgan fingerprint density at radius 3 is 2.79 bits per heavy atom. The Bertz CT molecular complexity index is 589. The van der Waals surface area contributed by atoms with E-state index >= 15 is 0 Å². The van der Waals surface area contributed by atoms with Crippen molar-refractivity contribution in [2.24, 2.45) is 0 Å². The van der Waals surface area contributed by atoms with Crippen LogP contribution in [0.2, 0.25) is 0 Å². The summed E-state index contributed by atoms with van der Waals surface area (Å²) in [4.78, 5) is 19.7. The molecule has 0 amide bonds. The zero-order valence-corrected chi connectivity index (χ0v) is 11.3. The van der Waals surface area contributed by atoms with E-state index in [1.807, 2.05) is 19.1 Å². The van der Waals surface area contributed by atoms with E-state index in [0.717, 1.165) is 29.9 Å². The largest absolute Gasteiger partial charge is 0.370 e. The highest BCUT2D eigenvalue weighted by Crippen LogP contribution is 2.06. The Balaban J connectivity index is 2.11. The Labute approximate surface area is 112 Å². The van der Waals surface area contributed by atoms with E-state index < -0.39 is 0 Å². The van der Waals surface area contributed by atoms with Gasteiger partial charge in [-0.15, -0.1) is 0 Å². The van der Waals surface area contributed by atoms with Crippen LogP contribution < -0.4 is 11.0 Å². The first-order chi connectivity index (χ1) is 9.19. The van der Waals surface area contributed by atoms with Crippen molar-refractivity contribution < 1.29 is 0 Å². The predicted molar refractivity (Wildman–Crippen MR) is 75.4 cm³/mol. The average molecular weight is 258 g/mol. The lowest BCUT2D eigenvalue weighted by Crippen LogP contribution is -2.22. The number of nitrogens with one attached hydrogen (secondary N) is 1. The van der Waals surface area contributed by atoms with Gasteiger partial charge in [0, 0.05) is 25.1 Å². The van der Waals surface area contributed by atoms with Gasteiger partial charge in [-0.3, -0.25) is 4.57 Å². The molecular weight excluding hydrogens is 240 g/mol. The van der Waals surface area contributed by atoms with Crippen molar-refractivity contribution in [3.63, 3.8) is 0 Å². The summed E-state index contributed by atoms with van der Waals surface area (Å²) in [6.45, 7) is 5.43. The molecule has 0 aliphatic heterocycles. The summed E-state index contributed by atoms with van der Waals surface area (Å²) in [5.41, 5.74) is 1.71. The lowest BCUT2D eigenvalue weighted by Gasteiger charge is -2.07. The fraction of sp³-hybridized carbons (Fsp3) is 0.357. The molecule has 0 fully saturated rings. The number of nitrogens with zero attached hydrogens (tertiary/aromatic N) is 3. The van der Waals surface area contributed by atoms with Crippen molar-refractivity contribution in [2.45, 2.75) is 26.8 Å². The summed E-state index contributed by atoms with van der Waals surface area (Å²) >= 11 is 0. The van der Waals surface area contributed by atoms with Gasteiger partial charge in [0.25, 0.3) is 0 Å². The molecule has 0 aliphatic rings. The minimum absolute atomic E-state index is 0.237. The van der Waals surface area contributed by atoms with Gasteiger partial charge >= 0.3 is 5.69 Å². The molecule has 0 saturated heterocycles. The number of anilines is 1. The molecule has 5 heteroatoms. The van der Waals surface area contributed by atoms with Gasteiger partial charge in [-0.25, -0.2) is 14.8 Å². The molecule has 2 aromatic heterocycles. The lowest BCUT2D eigenvalue weighted by atomic mass is 10.2. The van der Waals surface area contributed by atoms with Crippen LogP contribution in [0.4, 0.5) is 5.82 Å². The SMILES string of the molecule is CCCNc1ccc(Cn2cc(C)cnc2=O)cn1. The summed E-state index contributed by atoms with van der Waals surface area (Å²) in [5, 5.41) is 3.21. The van der Waals surface area contributed by atoms with Gasteiger partial charge in [0.2, 0.25) is 0 Å². The zero-order valence-electron chi connectivity index (χ0n) is 11.3. The molecule has 0 aliphatic carbocycles. The standard InChI is InChI=1S/C14H18N4O/c1-3-6-15-13-5-4-12(8-16-13)10-18-9-11(2)7-17-14(18)19/h4-5,7-9H,3,6,10H2,1-2H3,(H,15,16). The minimum atomic E-state index is -0.237. The number of rotatable bonds is 5. The van der Waals surface area contributed by atoms with Gasteiger partial charge in [-0.05, 0) is 30.5 Å². The summed E-state index contributed by atoms with van der Waals surface area (Å²) in [6.07, 6.45) is 6.23. The van der Waals surface area contributed by atoms with E-state index in [2.05, 4.69) is 22.2 Å². The van der Waals surface area contributed by atoms with Gasteiger partial charge in [-0.2, -0.15) is 0 Å². The Kier molecular flexibility index (Phi) is 4.28. The van der Waals surface area contributed by atoms with Gasteiger partial charge in [0.15, 0.2) is 0 Å². The van der Waals surface area contributed by atoms with Crippen LogP contribution in [0.1, 0.15) is 24.5 Å². The first-order valence-corrected chi connectivity index (χ1v) is 6.41. The third kappa shape index (κ3) is 3.64. The fourth-order valence-corrected chi connectivity index (χ4v) is 1.75. The van der Waals surface area contributed by atoms with Crippen molar-refractivity contribution in [2.75, 3.05) is 11.9 Å². The zero-order chi connectivity index (χ0) is 13.7. The van der Waals surface area contributed by atoms with E-state index in [4.69, 9.17) is 0 Å². The van der Waals surface area contributed by atoms with Crippen LogP contribution in [0, 0.1) is 6.92 Å². The molecular formula is C14H18N4O. The molecule has 2 aromatic rings. The summed E-state index contributed by atoms with van der Waals surface area (Å²) in [5.74, 6) is 0.861. The predicted octanol–water partition coefficient (Wildman–Crippen LogP) is 1.82. The van der Waals surface area contributed by atoms with Crippen molar-refractivity contribution in [1.29, 1.82) is 0 Å². The summed E-state index contributed by atoms with van der Waals surface area (Å²) in [7, 11) is 0. The number of aromatic nitrogens is 3. The van der Waals surface area contributed by atoms with Crippen molar-refractivity contribution >= 4 is 5.82 Å². The molecule has 0 unspecified atom stereocenters. The van der Waals surface area contributed by atoms with Crippen LogP contribution in [-0.2, 0) is 6.54 Å². The van der Waals surface area contributed by atoms with Crippen LogP contribution in [-0.4, -0.2) is 21.1 Å². The highest BCUT2D eigenvalue weighted by Gasteiger charge is 2.00. The summed E-state index contributed by atoms with van der Waals surface area (Å²) in [6, 6.07) is 3.90. The fourth-order valence-electron chi connectivity index (χ4n) is 1.75. The highest BCUT2D eigenvalue weighted by molar-refractivity contribution is 5.35. The van der Waals surface area contributed by atoms with Crippen molar-refractivity contribution in [1.82, 2.24) is 14.5 Å². The minimum Gasteiger partial charge on any atom is -0.370 e. The first-order valence-electron chi connectivity index (χ1n) is 6.41. The van der Waals surface area contributed by atoms with Crippen LogP contribution in [0.15, 0.2) is 35.5 Å². The second kappa shape index (κ2) is 6.13. The van der Waals surface area contributed by atoms with Crippen LogP contribution in [0.25, 0.3) is 0 Å². The molecule has 0 spiro atoms. The van der Waals surface area contributed by atoms with E-state index in [-0.39, 0.29) is 5.69 Å². The van der Waals surface area contributed by atoms with E-state index in [1.165, 1.54) is 0 Å². The van der Waals surface area contributed by atoms with Crippen molar-refractivity contribution in [3.8, 4) is 0 Å². The van der Waals surface area contributed by atoms with Crippen molar-refractivity contribution in [3.05, 3.63) is 52.3 Å². The second-order valence-electron chi connectivity index (χ2n) is 4.52. The molecule has 100 valence electrons. The Morgan fingerprint density at radius 1 is 1.26 bits per heavy atom. The lowest BCUT2D eigenvalue weighted by molar-refractivity contribution is 0.719. The third-order valence-corrected chi connectivity index (χ3v) is 2.72. The van der Waals surface area contributed by atoms with Gasteiger partial charge in [0.05, 0.1) is 6.54 Å². The number of pyridine rings is 1. The molecule has 2 rings (SSSR count). The maximum absolute atomic E-state index is 11.6. The van der Waals surface area contributed by atoms with E-state index in [0.29, 0.717) is 6.54 Å². The molecule has 0 saturated carbocycles. The van der Waals surface area contributed by atoms with Crippen LogP contribution in [0.5, 0.6) is 0 Å². The van der Waals surface area contributed by atoms with Gasteiger partial charge < -0.3 is 5.32 Å². The Hall–Kier alpha value is -2.17. The van der Waals surface area contributed by atoms with Gasteiger partial charge in [-0.1, -0.05) is 13.0 Å². The molecule has 19 heavy (non-hydrogen) atoms. The molecule has 1 N–H and O–H groups in total. The second-order valence-corrected chi connectivity index (χ2v) is 4.52. The molecule has 2 heterocycles. The van der Waals surface area contributed by atoms with Crippen LogP contribution in [0.3, 0.4) is 0 Å². The monoisotopic (exact) mass is 258 g/mol. The first kappa shape index (κ1) is 13.3. The highest BCUT2D eigenvalue weighted by atomic mass is 16.1. The Morgan fingerprint density at radius 2 is 2.11 bits per heavy atom. The third-order valence-electron chi connectivity index (χ3n) is 2.72. The van der Waals surface area contributed by atoms with E-state index in [9.17, 15) is 4.79 Å².